The molecule has 2 heterocycles. The van der Waals surface area contributed by atoms with E-state index in [9.17, 15) is 49.2 Å². The molecule has 46 heavy (non-hydrogen) atoms. The normalized spacial score (nSPS) is 25.3. The van der Waals surface area contributed by atoms with Gasteiger partial charge in [-0.15, -0.1) is 0 Å². The standard InChI is InChI=1S/C29H40N4O13/c1-4-15-10-20(35)33(26(15)40)17(11-30)25(39)31-8-7-19(34)32-16-9-14(12-44-28(43)13(2)3)5-6-18(16)45-29-23(38)21(36)22(37)24(46-29)27(41)42/h5-6,9,13,15,17,21-24,29,36-38H,4,7-8,10-12,30H2,1-3H3,(H,31,39)(H,32,34)(H,41,42). The number of esters is 1. The van der Waals surface area contributed by atoms with E-state index in [0.29, 0.717) is 12.0 Å². The van der Waals surface area contributed by atoms with Crippen LogP contribution in [0.1, 0.15) is 45.6 Å². The molecule has 0 aromatic heterocycles. The highest BCUT2D eigenvalue weighted by Gasteiger charge is 2.48. The summed E-state index contributed by atoms with van der Waals surface area (Å²) in [5, 5.41) is 44.8. The molecule has 0 saturated carbocycles. The Morgan fingerprint density at radius 1 is 1.11 bits per heavy atom. The third-order valence-electron chi connectivity index (χ3n) is 7.48. The Bertz CT molecular complexity index is 1320. The number of carboxylic acids is 1. The maximum atomic E-state index is 12.9. The van der Waals surface area contributed by atoms with Gasteiger partial charge in [0.05, 0.1) is 11.6 Å². The number of carbonyl (C=O) groups excluding carboxylic acids is 5. The van der Waals surface area contributed by atoms with Crippen LogP contribution in [-0.2, 0) is 44.8 Å². The van der Waals surface area contributed by atoms with Gasteiger partial charge in [-0.1, -0.05) is 26.8 Å². The van der Waals surface area contributed by atoms with E-state index in [4.69, 9.17) is 19.9 Å². The number of carbonyl (C=O) groups is 6. The second kappa shape index (κ2) is 15.9. The van der Waals surface area contributed by atoms with E-state index in [1.807, 2.05) is 0 Å². The van der Waals surface area contributed by atoms with Crippen LogP contribution in [0.5, 0.6) is 5.75 Å². The van der Waals surface area contributed by atoms with Crippen molar-refractivity contribution in [3.63, 3.8) is 0 Å². The van der Waals surface area contributed by atoms with Crippen molar-refractivity contribution in [2.75, 3.05) is 18.4 Å². The first kappa shape index (κ1) is 36.3. The maximum absolute atomic E-state index is 12.9. The van der Waals surface area contributed by atoms with E-state index >= 15 is 0 Å². The van der Waals surface area contributed by atoms with Crippen molar-refractivity contribution >= 4 is 41.3 Å². The van der Waals surface area contributed by atoms with Crippen LogP contribution in [0.3, 0.4) is 0 Å². The summed E-state index contributed by atoms with van der Waals surface area (Å²) in [5.74, 6) is -5.53. The predicted molar refractivity (Wildman–Crippen MR) is 155 cm³/mol. The van der Waals surface area contributed by atoms with Crippen LogP contribution in [-0.4, -0.2) is 111 Å². The number of hydrogen-bond acceptors (Lipinski definition) is 13. The van der Waals surface area contributed by atoms with Crippen LogP contribution < -0.4 is 21.1 Å². The highest BCUT2D eigenvalue weighted by Crippen LogP contribution is 2.31. The molecule has 0 radical (unpaired) electrons. The van der Waals surface area contributed by atoms with Crippen molar-refractivity contribution in [3.05, 3.63) is 23.8 Å². The van der Waals surface area contributed by atoms with Crippen LogP contribution in [0, 0.1) is 11.8 Å². The van der Waals surface area contributed by atoms with Gasteiger partial charge < -0.3 is 51.0 Å². The molecule has 4 amide bonds. The molecule has 2 fully saturated rings. The van der Waals surface area contributed by atoms with Gasteiger partial charge in [0.2, 0.25) is 29.9 Å². The topological polar surface area (TPSA) is 264 Å². The lowest BCUT2D eigenvalue weighted by atomic mass is 9.99. The Morgan fingerprint density at radius 2 is 1.80 bits per heavy atom. The van der Waals surface area contributed by atoms with Gasteiger partial charge in [0.1, 0.15) is 36.7 Å². The second-order valence-corrected chi connectivity index (χ2v) is 11.2. The van der Waals surface area contributed by atoms with Gasteiger partial charge in [-0.3, -0.25) is 28.9 Å². The maximum Gasteiger partial charge on any atom is 0.335 e. The monoisotopic (exact) mass is 652 g/mol. The molecular formula is C29H40N4O13. The Hall–Kier alpha value is -4.16. The van der Waals surface area contributed by atoms with Gasteiger partial charge in [0.25, 0.3) is 0 Å². The van der Waals surface area contributed by atoms with E-state index in [2.05, 4.69) is 10.6 Å². The largest absolute Gasteiger partial charge is 0.479 e. The molecular weight excluding hydrogens is 612 g/mol. The molecule has 3 rings (SSSR count). The summed E-state index contributed by atoms with van der Waals surface area (Å²) in [4.78, 5) is 74.9. The van der Waals surface area contributed by atoms with Gasteiger partial charge in [0.15, 0.2) is 6.10 Å². The van der Waals surface area contributed by atoms with Crippen molar-refractivity contribution in [3.8, 4) is 5.75 Å². The fraction of sp³-hybridized carbons (Fsp3) is 0.586. The zero-order valence-electron chi connectivity index (χ0n) is 25.6. The van der Waals surface area contributed by atoms with Crippen molar-refractivity contribution in [2.45, 2.75) is 83.4 Å². The van der Waals surface area contributed by atoms with Gasteiger partial charge in [-0.05, 0) is 24.1 Å². The molecule has 0 bridgehead atoms. The predicted octanol–water partition coefficient (Wildman–Crippen LogP) is -1.79. The number of aliphatic hydroxyl groups is 3. The summed E-state index contributed by atoms with van der Waals surface area (Å²) in [6, 6.07) is 2.92. The minimum atomic E-state index is -1.95. The van der Waals surface area contributed by atoms with Crippen LogP contribution >= 0.6 is 0 Å². The molecule has 1 aromatic rings. The molecule has 17 heteroatoms. The van der Waals surface area contributed by atoms with Crippen LogP contribution in [0.15, 0.2) is 18.2 Å². The third-order valence-corrected chi connectivity index (χ3v) is 7.48. The number of aliphatic carboxylic acids is 1. The summed E-state index contributed by atoms with van der Waals surface area (Å²) in [6.45, 7) is 4.33. The Kier molecular flexibility index (Phi) is 12.6. The minimum absolute atomic E-state index is 0.0128. The molecule has 7 atom stereocenters. The van der Waals surface area contributed by atoms with E-state index in [0.717, 1.165) is 4.90 Å². The molecule has 8 N–H and O–H groups in total. The Balaban J connectivity index is 1.72. The lowest BCUT2D eigenvalue weighted by molar-refractivity contribution is -0.271. The number of imide groups is 1. The molecule has 17 nitrogen and oxygen atoms in total. The fourth-order valence-corrected chi connectivity index (χ4v) is 4.78. The summed E-state index contributed by atoms with van der Waals surface area (Å²) in [5.41, 5.74) is 6.07. The molecule has 2 aliphatic rings. The van der Waals surface area contributed by atoms with Gasteiger partial charge in [-0.2, -0.15) is 0 Å². The van der Waals surface area contributed by atoms with Crippen molar-refractivity contribution in [2.24, 2.45) is 17.6 Å². The first-order valence-electron chi connectivity index (χ1n) is 14.7. The highest BCUT2D eigenvalue weighted by molar-refractivity contribution is 6.07. The van der Waals surface area contributed by atoms with Gasteiger partial charge in [0, 0.05) is 31.8 Å². The van der Waals surface area contributed by atoms with Crippen LogP contribution in [0.25, 0.3) is 0 Å². The summed E-state index contributed by atoms with van der Waals surface area (Å²) in [6.07, 6.45) is -9.37. The van der Waals surface area contributed by atoms with E-state index in [-0.39, 0.29) is 44.0 Å². The van der Waals surface area contributed by atoms with Crippen LogP contribution in [0.4, 0.5) is 5.69 Å². The first-order chi connectivity index (χ1) is 21.7. The van der Waals surface area contributed by atoms with Crippen molar-refractivity contribution in [1.29, 1.82) is 0 Å². The zero-order chi connectivity index (χ0) is 34.3. The number of amides is 4. The van der Waals surface area contributed by atoms with E-state index in [1.165, 1.54) is 18.2 Å². The van der Waals surface area contributed by atoms with E-state index in [1.54, 1.807) is 20.8 Å². The second-order valence-electron chi connectivity index (χ2n) is 11.2. The highest BCUT2D eigenvalue weighted by atomic mass is 16.7. The van der Waals surface area contributed by atoms with Crippen molar-refractivity contribution < 1.29 is 63.4 Å². The molecule has 1 aromatic carbocycles. The number of rotatable bonds is 14. The number of likely N-dealkylation sites (tertiary alicyclic amines) is 1. The molecule has 0 aliphatic carbocycles. The lowest BCUT2D eigenvalue weighted by Gasteiger charge is -2.38. The van der Waals surface area contributed by atoms with Crippen molar-refractivity contribution in [1.82, 2.24) is 10.2 Å². The number of carboxylic acid groups (broad SMARTS) is 1. The third kappa shape index (κ3) is 8.55. The van der Waals surface area contributed by atoms with Gasteiger partial charge >= 0.3 is 11.9 Å². The quantitative estimate of drug-likeness (QED) is 0.0865. The molecule has 0 spiro atoms. The number of nitrogens with one attached hydrogen (secondary N) is 2. The number of nitrogens with two attached hydrogens (primary N) is 1. The fourth-order valence-electron chi connectivity index (χ4n) is 4.78. The zero-order valence-corrected chi connectivity index (χ0v) is 25.6. The Morgan fingerprint density at radius 3 is 2.39 bits per heavy atom. The summed E-state index contributed by atoms with van der Waals surface area (Å²) < 4.78 is 16.0. The molecule has 2 aliphatic heterocycles. The summed E-state index contributed by atoms with van der Waals surface area (Å²) in [7, 11) is 0. The number of aliphatic hydroxyl groups excluding tert-OH is 3. The number of anilines is 1. The summed E-state index contributed by atoms with van der Waals surface area (Å²) >= 11 is 0. The lowest BCUT2D eigenvalue weighted by Crippen LogP contribution is -2.61. The molecule has 2 saturated heterocycles. The molecule has 7 unspecified atom stereocenters. The number of benzene rings is 1. The van der Waals surface area contributed by atoms with Crippen LogP contribution in [0.2, 0.25) is 0 Å². The average Bonchev–Trinajstić information content (AvgIpc) is 3.29. The first-order valence-corrected chi connectivity index (χ1v) is 14.7. The number of nitrogens with zero attached hydrogens (tertiary/aromatic N) is 1. The molecule has 254 valence electrons. The SMILES string of the molecule is CCC1CC(=O)N(C(CN)C(=O)NCCC(=O)Nc2cc(COC(=O)C(C)C)ccc2OC2OC(C(=O)O)C(O)C(O)C2O)C1=O. The minimum Gasteiger partial charge on any atom is -0.479 e. The number of ether oxygens (including phenoxy) is 3. The van der Waals surface area contributed by atoms with E-state index < -0.39 is 84.2 Å². The Labute approximate surface area is 263 Å². The number of hydrogen-bond donors (Lipinski definition) is 7. The van der Waals surface area contributed by atoms with Gasteiger partial charge in [-0.25, -0.2) is 4.79 Å². The average molecular weight is 653 g/mol. The smallest absolute Gasteiger partial charge is 0.335 e.